The maximum absolute atomic E-state index is 13.3. The molecule has 1 aliphatic rings. The average molecular weight is 390 g/mol. The summed E-state index contributed by atoms with van der Waals surface area (Å²) in [5, 5.41) is 3.47. The lowest BCUT2D eigenvalue weighted by Crippen LogP contribution is -2.11. The highest BCUT2D eigenvalue weighted by Gasteiger charge is 2.16. The Bertz CT molecular complexity index is 903. The molecule has 0 unspecified atom stereocenters. The van der Waals surface area contributed by atoms with Gasteiger partial charge in [0.15, 0.2) is 0 Å². The van der Waals surface area contributed by atoms with Gasteiger partial charge in [0.25, 0.3) is 0 Å². The Labute approximate surface area is 172 Å². The molecule has 0 bridgehead atoms. The minimum Gasteiger partial charge on any atom is -0.364 e. The highest BCUT2D eigenvalue weighted by molar-refractivity contribution is 5.60. The number of anilines is 1. The zero-order valence-electron chi connectivity index (χ0n) is 16.8. The SMILES string of the molecule is Fc1ccc(-c2cnc(NCc3ccccc3)c(CCC3CCCCC3)n2)cc1. The van der Waals surface area contributed by atoms with E-state index in [0.29, 0.717) is 0 Å². The molecule has 0 amide bonds. The van der Waals surface area contributed by atoms with Gasteiger partial charge in [-0.15, -0.1) is 0 Å². The summed E-state index contributed by atoms with van der Waals surface area (Å²) >= 11 is 0. The second kappa shape index (κ2) is 9.64. The van der Waals surface area contributed by atoms with E-state index in [9.17, 15) is 4.39 Å². The lowest BCUT2D eigenvalue weighted by Gasteiger charge is -2.21. The van der Waals surface area contributed by atoms with Crippen molar-refractivity contribution < 1.29 is 4.39 Å². The van der Waals surface area contributed by atoms with E-state index in [2.05, 4.69) is 22.4 Å². The molecule has 0 atom stereocenters. The van der Waals surface area contributed by atoms with Gasteiger partial charge in [0.05, 0.1) is 17.6 Å². The maximum Gasteiger partial charge on any atom is 0.148 e. The second-order valence-electron chi connectivity index (χ2n) is 7.94. The van der Waals surface area contributed by atoms with E-state index in [0.717, 1.165) is 48.1 Å². The zero-order chi connectivity index (χ0) is 19.9. The molecule has 1 heterocycles. The molecule has 0 spiro atoms. The molecule has 150 valence electrons. The van der Waals surface area contributed by atoms with Crippen molar-refractivity contribution in [3.8, 4) is 11.3 Å². The minimum absolute atomic E-state index is 0.236. The highest BCUT2D eigenvalue weighted by Crippen LogP contribution is 2.29. The van der Waals surface area contributed by atoms with E-state index in [-0.39, 0.29) is 5.82 Å². The van der Waals surface area contributed by atoms with Gasteiger partial charge in [-0.05, 0) is 48.6 Å². The van der Waals surface area contributed by atoms with Gasteiger partial charge in [-0.3, -0.25) is 0 Å². The summed E-state index contributed by atoms with van der Waals surface area (Å²) in [5.41, 5.74) is 3.92. The van der Waals surface area contributed by atoms with Crippen LogP contribution in [0.3, 0.4) is 0 Å². The minimum atomic E-state index is -0.236. The van der Waals surface area contributed by atoms with Gasteiger partial charge in [0, 0.05) is 12.1 Å². The Balaban J connectivity index is 1.53. The lowest BCUT2D eigenvalue weighted by atomic mass is 9.86. The van der Waals surface area contributed by atoms with Crippen LogP contribution in [0.15, 0.2) is 60.8 Å². The number of nitrogens with zero attached hydrogens (tertiary/aromatic N) is 2. The van der Waals surface area contributed by atoms with Gasteiger partial charge in [-0.25, -0.2) is 14.4 Å². The molecule has 0 saturated heterocycles. The first-order valence-electron chi connectivity index (χ1n) is 10.7. The first-order chi connectivity index (χ1) is 14.3. The third-order valence-corrected chi connectivity index (χ3v) is 5.80. The topological polar surface area (TPSA) is 37.8 Å². The van der Waals surface area contributed by atoms with Crippen LogP contribution in [0.1, 0.15) is 49.8 Å². The molecule has 1 aromatic heterocycles. The maximum atomic E-state index is 13.3. The number of aryl methyl sites for hydroxylation is 1. The van der Waals surface area contributed by atoms with Crippen LogP contribution in [0.25, 0.3) is 11.3 Å². The number of hydrogen-bond donors (Lipinski definition) is 1. The number of halogens is 1. The molecule has 3 aromatic rings. The predicted octanol–water partition coefficient (Wildman–Crippen LogP) is 6.41. The third kappa shape index (κ3) is 5.41. The van der Waals surface area contributed by atoms with Crippen LogP contribution >= 0.6 is 0 Å². The predicted molar refractivity (Wildman–Crippen MR) is 116 cm³/mol. The molecule has 4 heteroatoms. The van der Waals surface area contributed by atoms with Crippen molar-refractivity contribution in [3.63, 3.8) is 0 Å². The molecule has 1 N–H and O–H groups in total. The van der Waals surface area contributed by atoms with E-state index in [1.54, 1.807) is 18.3 Å². The van der Waals surface area contributed by atoms with Gasteiger partial charge in [-0.2, -0.15) is 0 Å². The zero-order valence-corrected chi connectivity index (χ0v) is 16.8. The second-order valence-corrected chi connectivity index (χ2v) is 7.94. The van der Waals surface area contributed by atoms with E-state index in [1.165, 1.54) is 49.8 Å². The summed E-state index contributed by atoms with van der Waals surface area (Å²) in [7, 11) is 0. The first kappa shape index (κ1) is 19.6. The van der Waals surface area contributed by atoms with Crippen molar-refractivity contribution in [3.05, 3.63) is 77.9 Å². The van der Waals surface area contributed by atoms with Crippen LogP contribution in [0.4, 0.5) is 10.2 Å². The molecule has 2 aromatic carbocycles. The number of rotatable bonds is 7. The van der Waals surface area contributed by atoms with Crippen LogP contribution in [0, 0.1) is 11.7 Å². The monoisotopic (exact) mass is 389 g/mol. The van der Waals surface area contributed by atoms with Crippen LogP contribution in [0.5, 0.6) is 0 Å². The molecule has 1 saturated carbocycles. The summed E-state index contributed by atoms with van der Waals surface area (Å²) < 4.78 is 13.3. The van der Waals surface area contributed by atoms with E-state index >= 15 is 0 Å². The van der Waals surface area contributed by atoms with Crippen LogP contribution < -0.4 is 5.32 Å². The normalized spacial score (nSPS) is 14.7. The summed E-state index contributed by atoms with van der Waals surface area (Å²) in [4.78, 5) is 9.61. The van der Waals surface area contributed by atoms with Crippen molar-refractivity contribution in [1.29, 1.82) is 0 Å². The Morgan fingerprint density at radius 2 is 1.69 bits per heavy atom. The molecular weight excluding hydrogens is 361 g/mol. The Morgan fingerprint density at radius 3 is 2.45 bits per heavy atom. The molecule has 3 nitrogen and oxygen atoms in total. The Morgan fingerprint density at radius 1 is 0.931 bits per heavy atom. The van der Waals surface area contributed by atoms with E-state index in [1.807, 2.05) is 18.2 Å². The lowest BCUT2D eigenvalue weighted by molar-refractivity contribution is 0.338. The molecule has 0 radical (unpaired) electrons. The van der Waals surface area contributed by atoms with Gasteiger partial charge < -0.3 is 5.32 Å². The number of hydrogen-bond acceptors (Lipinski definition) is 3. The fourth-order valence-corrected chi connectivity index (χ4v) is 4.11. The van der Waals surface area contributed by atoms with E-state index in [4.69, 9.17) is 4.98 Å². The standard InChI is InChI=1S/C25H28FN3/c26-22-14-12-21(13-15-22)24-18-28-25(27-17-20-9-5-2-6-10-20)23(29-24)16-11-19-7-3-1-4-8-19/h2,5-6,9-10,12-15,18-19H,1,3-4,7-8,11,16-17H2,(H,27,28). The molecule has 29 heavy (non-hydrogen) atoms. The molecule has 4 rings (SSSR count). The fraction of sp³-hybridized carbons (Fsp3) is 0.360. The summed E-state index contributed by atoms with van der Waals surface area (Å²) in [6.45, 7) is 0.724. The number of aromatic nitrogens is 2. The molecular formula is C25H28FN3. The van der Waals surface area contributed by atoms with Gasteiger partial charge in [0.1, 0.15) is 11.6 Å². The van der Waals surface area contributed by atoms with Gasteiger partial charge in [-0.1, -0.05) is 62.4 Å². The smallest absolute Gasteiger partial charge is 0.148 e. The van der Waals surface area contributed by atoms with Crippen molar-refractivity contribution in [2.24, 2.45) is 5.92 Å². The van der Waals surface area contributed by atoms with Crippen molar-refractivity contribution >= 4 is 5.82 Å². The highest BCUT2D eigenvalue weighted by atomic mass is 19.1. The summed E-state index contributed by atoms with van der Waals surface area (Å²) in [6, 6.07) is 16.8. The summed E-state index contributed by atoms with van der Waals surface area (Å²) in [5.74, 6) is 1.41. The first-order valence-corrected chi connectivity index (χ1v) is 10.7. The van der Waals surface area contributed by atoms with Crippen LogP contribution in [-0.4, -0.2) is 9.97 Å². The third-order valence-electron chi connectivity index (χ3n) is 5.80. The molecule has 1 aliphatic carbocycles. The van der Waals surface area contributed by atoms with Gasteiger partial charge in [0.2, 0.25) is 0 Å². The molecule has 0 aliphatic heterocycles. The van der Waals surface area contributed by atoms with Gasteiger partial charge >= 0.3 is 0 Å². The number of nitrogens with one attached hydrogen (secondary N) is 1. The van der Waals surface area contributed by atoms with Crippen LogP contribution in [0.2, 0.25) is 0 Å². The van der Waals surface area contributed by atoms with E-state index < -0.39 is 0 Å². The van der Waals surface area contributed by atoms with Crippen molar-refractivity contribution in [2.75, 3.05) is 5.32 Å². The Kier molecular flexibility index (Phi) is 6.50. The molecule has 1 fully saturated rings. The summed E-state index contributed by atoms with van der Waals surface area (Å²) in [6.07, 6.45) is 10.6. The average Bonchev–Trinajstić information content (AvgIpc) is 2.78. The quantitative estimate of drug-likeness (QED) is 0.507. The fourth-order valence-electron chi connectivity index (χ4n) is 4.11. The Hall–Kier alpha value is -2.75. The van der Waals surface area contributed by atoms with Crippen LogP contribution in [-0.2, 0) is 13.0 Å². The van der Waals surface area contributed by atoms with Crippen molar-refractivity contribution in [1.82, 2.24) is 9.97 Å². The van der Waals surface area contributed by atoms with Crippen molar-refractivity contribution in [2.45, 2.75) is 51.5 Å². The largest absolute Gasteiger partial charge is 0.364 e. The number of benzene rings is 2.